The summed E-state index contributed by atoms with van der Waals surface area (Å²) >= 11 is 0. The Morgan fingerprint density at radius 3 is 3.05 bits per heavy atom. The van der Waals surface area contributed by atoms with E-state index in [1.165, 1.54) is 0 Å². The molecule has 0 amide bonds. The fourth-order valence-electron chi connectivity index (χ4n) is 1.43. The number of fused-ring (bicyclic) bond motifs is 1. The normalized spacial score (nSPS) is 11.1. The number of nitrogens with zero attached hydrogens (tertiary/aromatic N) is 3. The van der Waals surface area contributed by atoms with E-state index in [2.05, 4.69) is 25.2 Å². The topological polar surface area (TPSA) is 103 Å². The minimum absolute atomic E-state index is 0.185. The maximum absolute atomic E-state index is 11.3. The largest absolute Gasteiger partial charge is 0.461 e. The second-order valence-electron chi connectivity index (χ2n) is 3.51. The second kappa shape index (κ2) is 5.64. The van der Waals surface area contributed by atoms with Crippen molar-refractivity contribution in [2.75, 3.05) is 12.0 Å². The predicted octanol–water partition coefficient (Wildman–Crippen LogP) is 1.42. The lowest BCUT2D eigenvalue weighted by Gasteiger charge is -1.98. The summed E-state index contributed by atoms with van der Waals surface area (Å²) in [5, 5.41) is 12.5. The molecule has 0 atom stereocenters. The van der Waals surface area contributed by atoms with Crippen LogP contribution in [-0.2, 0) is 9.53 Å². The standard InChI is InChI=1S/C12H11N5O2/c1-2-19-11(18)10(7-13)16-17-12-14-8-5-3-4-6-9(8)15-12/h3-6H,2H2,1H3,(H2,14,15,17). The van der Waals surface area contributed by atoms with Crippen LogP contribution in [0, 0.1) is 11.3 Å². The van der Waals surface area contributed by atoms with E-state index in [9.17, 15) is 4.79 Å². The van der Waals surface area contributed by atoms with Crippen molar-refractivity contribution < 1.29 is 9.53 Å². The highest BCUT2D eigenvalue weighted by Crippen LogP contribution is 2.12. The van der Waals surface area contributed by atoms with Crippen LogP contribution in [0.25, 0.3) is 11.0 Å². The first-order valence-electron chi connectivity index (χ1n) is 5.60. The van der Waals surface area contributed by atoms with Gasteiger partial charge in [-0.3, -0.25) is 0 Å². The summed E-state index contributed by atoms with van der Waals surface area (Å²) in [4.78, 5) is 18.5. The minimum atomic E-state index is -0.770. The number of aromatic nitrogens is 2. The van der Waals surface area contributed by atoms with Crippen molar-refractivity contribution in [1.82, 2.24) is 9.97 Å². The maximum Gasteiger partial charge on any atom is 0.369 e. The molecule has 0 saturated carbocycles. The van der Waals surface area contributed by atoms with Gasteiger partial charge in [-0.15, -0.1) is 0 Å². The van der Waals surface area contributed by atoms with Crippen LogP contribution < -0.4 is 5.43 Å². The first kappa shape index (κ1) is 12.6. The number of anilines is 1. The van der Waals surface area contributed by atoms with Crippen LogP contribution in [0.1, 0.15) is 6.92 Å². The molecular weight excluding hydrogens is 246 g/mol. The molecule has 1 aromatic heterocycles. The third kappa shape index (κ3) is 2.87. The van der Waals surface area contributed by atoms with Gasteiger partial charge in [0.15, 0.2) is 0 Å². The van der Waals surface area contributed by atoms with Crippen LogP contribution in [0.4, 0.5) is 5.95 Å². The van der Waals surface area contributed by atoms with Gasteiger partial charge in [0.05, 0.1) is 17.6 Å². The van der Waals surface area contributed by atoms with Crippen LogP contribution in [0.3, 0.4) is 0 Å². The molecule has 7 heteroatoms. The molecule has 0 aliphatic heterocycles. The van der Waals surface area contributed by atoms with Crippen LogP contribution in [0.15, 0.2) is 29.4 Å². The zero-order chi connectivity index (χ0) is 13.7. The third-order valence-electron chi connectivity index (χ3n) is 2.24. The first-order valence-corrected chi connectivity index (χ1v) is 5.60. The highest BCUT2D eigenvalue weighted by molar-refractivity contribution is 6.43. The summed E-state index contributed by atoms with van der Waals surface area (Å²) in [5.74, 6) is -0.424. The van der Waals surface area contributed by atoms with Gasteiger partial charge in [-0.25, -0.2) is 15.2 Å². The summed E-state index contributed by atoms with van der Waals surface area (Å²) in [6.45, 7) is 1.84. The Bertz CT molecular complexity index is 635. The SMILES string of the molecule is CCOC(=O)C(C#N)=NNc1nc2ccccc2[nH]1. The molecule has 0 fully saturated rings. The molecule has 7 nitrogen and oxygen atoms in total. The lowest BCUT2D eigenvalue weighted by atomic mass is 10.3. The highest BCUT2D eigenvalue weighted by atomic mass is 16.5. The van der Waals surface area contributed by atoms with Crippen molar-refractivity contribution in [3.63, 3.8) is 0 Å². The average Bonchev–Trinajstić information content (AvgIpc) is 2.82. The summed E-state index contributed by atoms with van der Waals surface area (Å²) in [7, 11) is 0. The van der Waals surface area contributed by atoms with Crippen LogP contribution in [-0.4, -0.2) is 28.3 Å². The zero-order valence-electron chi connectivity index (χ0n) is 10.2. The first-order chi connectivity index (χ1) is 9.24. The molecular formula is C12H11N5O2. The summed E-state index contributed by atoms with van der Waals surface area (Å²) in [6, 6.07) is 9.07. The Hall–Kier alpha value is -2.88. The Morgan fingerprint density at radius 2 is 2.37 bits per heavy atom. The fourth-order valence-corrected chi connectivity index (χ4v) is 1.43. The molecule has 19 heavy (non-hydrogen) atoms. The van der Waals surface area contributed by atoms with Crippen molar-refractivity contribution in [2.45, 2.75) is 6.92 Å². The van der Waals surface area contributed by atoms with E-state index < -0.39 is 5.97 Å². The number of para-hydroxylation sites is 2. The van der Waals surface area contributed by atoms with Gasteiger partial charge in [0.1, 0.15) is 6.07 Å². The van der Waals surface area contributed by atoms with Crippen molar-refractivity contribution >= 4 is 28.7 Å². The van der Waals surface area contributed by atoms with E-state index in [1.54, 1.807) is 13.0 Å². The molecule has 0 aliphatic rings. The molecule has 0 saturated heterocycles. The molecule has 0 spiro atoms. The molecule has 0 bridgehead atoms. The monoisotopic (exact) mass is 257 g/mol. The minimum Gasteiger partial charge on any atom is -0.461 e. The Labute approximate surface area is 108 Å². The predicted molar refractivity (Wildman–Crippen MR) is 69.4 cm³/mol. The molecule has 0 radical (unpaired) electrons. The number of imidazole rings is 1. The molecule has 2 N–H and O–H groups in total. The van der Waals surface area contributed by atoms with Crippen LogP contribution >= 0.6 is 0 Å². The summed E-state index contributed by atoms with van der Waals surface area (Å²) < 4.78 is 4.68. The summed E-state index contributed by atoms with van der Waals surface area (Å²) in [5.41, 5.74) is 3.75. The van der Waals surface area contributed by atoms with Gasteiger partial charge in [0, 0.05) is 0 Å². The van der Waals surface area contributed by atoms with Crippen LogP contribution in [0.5, 0.6) is 0 Å². The van der Waals surface area contributed by atoms with E-state index in [-0.39, 0.29) is 12.3 Å². The van der Waals surface area contributed by atoms with E-state index in [4.69, 9.17) is 5.26 Å². The zero-order valence-corrected chi connectivity index (χ0v) is 10.2. The number of rotatable bonds is 4. The Kier molecular flexibility index (Phi) is 3.73. The Balaban J connectivity index is 2.16. The number of esters is 1. The number of ether oxygens (including phenoxy) is 1. The number of H-pyrrole nitrogens is 1. The lowest BCUT2D eigenvalue weighted by molar-refractivity contribution is -0.134. The smallest absolute Gasteiger partial charge is 0.369 e. The number of hydrazone groups is 1. The van der Waals surface area contributed by atoms with Gasteiger partial charge >= 0.3 is 5.97 Å². The Morgan fingerprint density at radius 1 is 1.58 bits per heavy atom. The van der Waals surface area contributed by atoms with Gasteiger partial charge in [-0.05, 0) is 19.1 Å². The van der Waals surface area contributed by atoms with E-state index in [0.29, 0.717) is 5.95 Å². The van der Waals surface area contributed by atoms with Gasteiger partial charge in [-0.1, -0.05) is 12.1 Å². The molecule has 1 aromatic carbocycles. The van der Waals surface area contributed by atoms with Crippen molar-refractivity contribution in [2.24, 2.45) is 5.10 Å². The van der Waals surface area contributed by atoms with Gasteiger partial charge in [0.2, 0.25) is 11.7 Å². The van der Waals surface area contributed by atoms with Crippen molar-refractivity contribution in [3.8, 4) is 6.07 Å². The average molecular weight is 257 g/mol. The lowest BCUT2D eigenvalue weighted by Crippen LogP contribution is -2.17. The van der Waals surface area contributed by atoms with Gasteiger partial charge in [-0.2, -0.15) is 10.4 Å². The molecule has 0 unspecified atom stereocenters. The number of carbonyl (C=O) groups is 1. The number of aromatic amines is 1. The van der Waals surface area contributed by atoms with E-state index in [0.717, 1.165) is 11.0 Å². The highest BCUT2D eigenvalue weighted by Gasteiger charge is 2.12. The molecule has 0 aliphatic carbocycles. The number of hydrogen-bond acceptors (Lipinski definition) is 6. The molecule has 1 heterocycles. The number of hydrogen-bond donors (Lipinski definition) is 2. The number of carbonyl (C=O) groups excluding carboxylic acids is 1. The van der Waals surface area contributed by atoms with Gasteiger partial charge < -0.3 is 9.72 Å². The second-order valence-corrected chi connectivity index (χ2v) is 3.51. The van der Waals surface area contributed by atoms with Crippen molar-refractivity contribution in [3.05, 3.63) is 24.3 Å². The molecule has 2 rings (SSSR count). The molecule has 2 aromatic rings. The quantitative estimate of drug-likeness (QED) is 0.489. The van der Waals surface area contributed by atoms with Crippen LogP contribution in [0.2, 0.25) is 0 Å². The molecule has 96 valence electrons. The third-order valence-corrected chi connectivity index (χ3v) is 2.24. The number of nitrogens with one attached hydrogen (secondary N) is 2. The number of benzene rings is 1. The fraction of sp³-hybridized carbons (Fsp3) is 0.167. The van der Waals surface area contributed by atoms with Gasteiger partial charge in [0.25, 0.3) is 0 Å². The number of nitriles is 1. The van der Waals surface area contributed by atoms with E-state index in [1.807, 2.05) is 24.3 Å². The summed E-state index contributed by atoms with van der Waals surface area (Å²) in [6.07, 6.45) is 0. The van der Waals surface area contributed by atoms with E-state index >= 15 is 0 Å². The maximum atomic E-state index is 11.3. The van der Waals surface area contributed by atoms with Crippen molar-refractivity contribution in [1.29, 1.82) is 5.26 Å².